The molecule has 0 aromatic heterocycles. The summed E-state index contributed by atoms with van der Waals surface area (Å²) in [6.45, 7) is 0. The van der Waals surface area contributed by atoms with Crippen molar-refractivity contribution in [2.24, 2.45) is 0 Å². The van der Waals surface area contributed by atoms with E-state index in [1.807, 2.05) is 0 Å². The molecule has 1 aromatic rings. The van der Waals surface area contributed by atoms with Crippen LogP contribution in [0.25, 0.3) is 0 Å². The van der Waals surface area contributed by atoms with Gasteiger partial charge in [0.1, 0.15) is 5.02 Å². The lowest BCUT2D eigenvalue weighted by molar-refractivity contribution is -0.384. The smallest absolute Gasteiger partial charge is 0.294 e. The normalized spacial score (nSPS) is 12.8. The molecule has 0 unspecified atom stereocenters. The number of nitro benzene ring substituents is 1. The fraction of sp³-hybridized carbons (Fsp3) is 0.333. The van der Waals surface area contributed by atoms with Crippen molar-refractivity contribution in [2.75, 3.05) is 0 Å². The Labute approximate surface area is 138 Å². The molecule has 0 saturated carbocycles. The van der Waals surface area contributed by atoms with Gasteiger partial charge in [-0.05, 0) is 12.1 Å². The van der Waals surface area contributed by atoms with Crippen LogP contribution in [0.5, 0.6) is 0 Å². The summed E-state index contributed by atoms with van der Waals surface area (Å²) < 4.78 is 87.7. The lowest BCUT2D eigenvalue weighted by atomic mass is 9.98. The van der Waals surface area contributed by atoms with E-state index in [9.17, 15) is 50.4 Å². The summed E-state index contributed by atoms with van der Waals surface area (Å²) in [5.74, 6) is -17.5. The Hall–Kier alpha value is -2.24. The number of nitrogens with zero attached hydrogens (tertiary/aromatic N) is 1. The van der Waals surface area contributed by atoms with Gasteiger partial charge in [-0.15, -0.1) is 0 Å². The molecule has 0 heterocycles. The monoisotopic (exact) mass is 395 g/mol. The Morgan fingerprint density at radius 2 is 1.60 bits per heavy atom. The highest BCUT2D eigenvalue weighted by atomic mass is 35.5. The summed E-state index contributed by atoms with van der Waals surface area (Å²) in [6.07, 6.45) is -8.76. The Morgan fingerprint density at radius 3 is 2.04 bits per heavy atom. The fourth-order valence-corrected chi connectivity index (χ4v) is 1.72. The van der Waals surface area contributed by atoms with Crippen molar-refractivity contribution in [3.63, 3.8) is 0 Å². The predicted molar refractivity (Wildman–Crippen MR) is 68.0 cm³/mol. The van der Waals surface area contributed by atoms with Crippen molar-refractivity contribution in [1.82, 2.24) is 0 Å². The molecule has 0 fully saturated rings. The lowest BCUT2D eigenvalue weighted by Crippen LogP contribution is -2.56. The van der Waals surface area contributed by atoms with Crippen molar-refractivity contribution in [1.29, 1.82) is 0 Å². The molecule has 1 rings (SSSR count). The van der Waals surface area contributed by atoms with Gasteiger partial charge in [0.2, 0.25) is 5.78 Å². The van der Waals surface area contributed by atoms with Crippen LogP contribution >= 0.6 is 11.6 Å². The number of carbonyl (C=O) groups is 2. The Balaban J connectivity index is 3.10. The maximum absolute atomic E-state index is 13.1. The van der Waals surface area contributed by atoms with Gasteiger partial charge in [-0.1, -0.05) is 11.6 Å². The van der Waals surface area contributed by atoms with Crippen LogP contribution in [0.1, 0.15) is 16.8 Å². The van der Waals surface area contributed by atoms with E-state index in [-0.39, 0.29) is 0 Å². The highest BCUT2D eigenvalue weighted by molar-refractivity contribution is 6.32. The molecule has 0 bridgehead atoms. The van der Waals surface area contributed by atoms with E-state index in [2.05, 4.69) is 0 Å². The van der Waals surface area contributed by atoms with Gasteiger partial charge in [0, 0.05) is 11.6 Å². The van der Waals surface area contributed by atoms with Gasteiger partial charge in [0.15, 0.2) is 5.78 Å². The highest BCUT2D eigenvalue weighted by Crippen LogP contribution is 2.47. The zero-order valence-electron chi connectivity index (χ0n) is 11.5. The number of nitro groups is 1. The summed E-state index contributed by atoms with van der Waals surface area (Å²) in [7, 11) is 0. The molecule has 138 valence electrons. The molecule has 0 N–H and O–H groups in total. The van der Waals surface area contributed by atoms with Crippen LogP contribution in [-0.4, -0.2) is 34.5 Å². The van der Waals surface area contributed by atoms with E-state index in [4.69, 9.17) is 11.6 Å². The lowest BCUT2D eigenvalue weighted by Gasteiger charge is -2.26. The van der Waals surface area contributed by atoms with E-state index < -0.39 is 57.2 Å². The molecule has 0 aliphatic heterocycles. The van der Waals surface area contributed by atoms with Crippen molar-refractivity contribution in [2.45, 2.75) is 24.4 Å². The second-order valence-electron chi connectivity index (χ2n) is 4.59. The number of halogens is 8. The number of Topliss-reactive ketones (excluding diaryl/α,β-unsaturated/α-hetero) is 2. The van der Waals surface area contributed by atoms with Gasteiger partial charge in [-0.2, -0.15) is 30.7 Å². The van der Waals surface area contributed by atoms with Crippen LogP contribution in [0.4, 0.5) is 36.4 Å². The van der Waals surface area contributed by atoms with Crippen LogP contribution in [-0.2, 0) is 4.79 Å². The molecule has 0 aliphatic carbocycles. The van der Waals surface area contributed by atoms with E-state index in [0.717, 1.165) is 12.1 Å². The molecule has 0 amide bonds. The van der Waals surface area contributed by atoms with Crippen molar-refractivity contribution < 1.29 is 45.2 Å². The first-order chi connectivity index (χ1) is 11.1. The van der Waals surface area contributed by atoms with E-state index in [1.54, 1.807) is 0 Å². The molecule has 0 atom stereocenters. The van der Waals surface area contributed by atoms with Crippen molar-refractivity contribution in [3.8, 4) is 0 Å². The maximum atomic E-state index is 13.1. The average Bonchev–Trinajstić information content (AvgIpc) is 2.45. The third-order valence-corrected chi connectivity index (χ3v) is 3.21. The summed E-state index contributed by atoms with van der Waals surface area (Å²) in [6, 6.07) is 2.02. The summed E-state index contributed by atoms with van der Waals surface area (Å²) in [5, 5.41) is 10.2. The number of benzene rings is 1. The fourth-order valence-electron chi connectivity index (χ4n) is 1.54. The second-order valence-corrected chi connectivity index (χ2v) is 5.00. The van der Waals surface area contributed by atoms with Gasteiger partial charge in [0.25, 0.3) is 5.69 Å². The van der Waals surface area contributed by atoms with Crippen molar-refractivity contribution in [3.05, 3.63) is 38.9 Å². The number of alkyl halides is 7. The zero-order chi connectivity index (χ0) is 19.8. The Bertz CT molecular complexity index is 733. The van der Waals surface area contributed by atoms with Crippen LogP contribution in [0.2, 0.25) is 5.02 Å². The van der Waals surface area contributed by atoms with E-state index in [1.165, 1.54) is 0 Å². The minimum atomic E-state index is -6.73. The Kier molecular flexibility index (Phi) is 5.47. The first-order valence-corrected chi connectivity index (χ1v) is 6.33. The summed E-state index contributed by atoms with van der Waals surface area (Å²) >= 11 is 5.42. The second kappa shape index (κ2) is 6.58. The largest absolute Gasteiger partial charge is 0.460 e. The number of hydrogen-bond acceptors (Lipinski definition) is 4. The topological polar surface area (TPSA) is 77.3 Å². The summed E-state index contributed by atoms with van der Waals surface area (Å²) in [4.78, 5) is 32.3. The van der Waals surface area contributed by atoms with Gasteiger partial charge in [-0.25, -0.2) is 0 Å². The van der Waals surface area contributed by atoms with Gasteiger partial charge in [-0.3, -0.25) is 19.7 Å². The van der Waals surface area contributed by atoms with Crippen LogP contribution in [0.3, 0.4) is 0 Å². The molecule has 1 aromatic carbocycles. The first kappa shape index (κ1) is 20.8. The molecule has 13 heteroatoms. The third kappa shape index (κ3) is 3.89. The van der Waals surface area contributed by atoms with Gasteiger partial charge in [0.05, 0.1) is 11.3 Å². The summed E-state index contributed by atoms with van der Waals surface area (Å²) in [5.41, 5.74) is -1.59. The molecule has 0 spiro atoms. The predicted octanol–water partition coefficient (Wildman–Crippen LogP) is 4.22. The van der Waals surface area contributed by atoms with Crippen LogP contribution < -0.4 is 0 Å². The number of carbonyl (C=O) groups excluding carboxylic acids is 2. The number of hydrogen-bond donors (Lipinski definition) is 0. The molecule has 0 saturated heterocycles. The zero-order valence-corrected chi connectivity index (χ0v) is 12.3. The molecular formula is C12H5ClF7NO4. The first-order valence-electron chi connectivity index (χ1n) is 5.95. The molecule has 0 radical (unpaired) electrons. The molecule has 0 aliphatic rings. The van der Waals surface area contributed by atoms with Crippen LogP contribution in [0.15, 0.2) is 18.2 Å². The number of rotatable bonds is 6. The maximum Gasteiger partial charge on any atom is 0.460 e. The standard InChI is InChI=1S/C12H5ClF7NO4/c13-6-2-1-5(3-7(6)21(24)25)8(22)4-9(23)10(14,15)11(16,17)12(18,19)20/h1-3H,4H2. The Morgan fingerprint density at radius 1 is 1.08 bits per heavy atom. The van der Waals surface area contributed by atoms with Gasteiger partial charge < -0.3 is 0 Å². The number of ketones is 2. The highest BCUT2D eigenvalue weighted by Gasteiger charge is 2.75. The quantitative estimate of drug-likeness (QED) is 0.237. The molecule has 5 nitrogen and oxygen atoms in total. The third-order valence-electron chi connectivity index (χ3n) is 2.89. The van der Waals surface area contributed by atoms with Gasteiger partial charge >= 0.3 is 18.0 Å². The average molecular weight is 396 g/mol. The van der Waals surface area contributed by atoms with E-state index in [0.29, 0.717) is 6.07 Å². The van der Waals surface area contributed by atoms with Crippen LogP contribution in [0, 0.1) is 10.1 Å². The minimum Gasteiger partial charge on any atom is -0.294 e. The molecule has 25 heavy (non-hydrogen) atoms. The SMILES string of the molecule is O=C(CC(=O)C(F)(F)C(F)(F)C(F)(F)F)c1ccc(Cl)c([N+](=O)[O-])c1. The van der Waals surface area contributed by atoms with Crippen molar-refractivity contribution >= 4 is 28.9 Å². The molecular weight excluding hydrogens is 391 g/mol. The minimum absolute atomic E-state index is 0.457. The van der Waals surface area contributed by atoms with E-state index >= 15 is 0 Å².